The summed E-state index contributed by atoms with van der Waals surface area (Å²) in [6.45, 7) is 9.24. The van der Waals surface area contributed by atoms with Gasteiger partial charge in [0.2, 0.25) is 0 Å². The van der Waals surface area contributed by atoms with Gasteiger partial charge in [-0.25, -0.2) is 4.98 Å². The molecule has 0 saturated carbocycles. The number of nitrogens with zero attached hydrogens (tertiary/aromatic N) is 3. The lowest BCUT2D eigenvalue weighted by Gasteiger charge is -2.18. The molecule has 0 aromatic carbocycles. The van der Waals surface area contributed by atoms with E-state index in [0.29, 0.717) is 5.92 Å². The van der Waals surface area contributed by atoms with Gasteiger partial charge in [0.25, 0.3) is 0 Å². The molecule has 1 fully saturated rings. The standard InChI is InChI=1S/C15H28N4/c1-13(2)10-14(16)15-11-17-12-19(15)9-5-8-18-6-3-4-7-18/h11-14H,3-10,16H2,1-2H3. The second-order valence-electron chi connectivity index (χ2n) is 6.15. The van der Waals surface area contributed by atoms with E-state index in [-0.39, 0.29) is 6.04 Å². The lowest BCUT2D eigenvalue weighted by molar-refractivity contribution is 0.323. The molecule has 1 saturated heterocycles. The van der Waals surface area contributed by atoms with E-state index in [1.807, 2.05) is 12.5 Å². The van der Waals surface area contributed by atoms with Crippen LogP contribution in [0.2, 0.25) is 0 Å². The Hall–Kier alpha value is -0.870. The Morgan fingerprint density at radius 3 is 2.68 bits per heavy atom. The average Bonchev–Trinajstić information content (AvgIpc) is 2.98. The number of rotatable bonds is 7. The van der Waals surface area contributed by atoms with Gasteiger partial charge in [-0.15, -0.1) is 0 Å². The number of nitrogens with two attached hydrogens (primary N) is 1. The van der Waals surface area contributed by atoms with E-state index in [4.69, 9.17) is 5.73 Å². The molecule has 2 rings (SSSR count). The normalized spacial score (nSPS) is 18.3. The third-order valence-electron chi connectivity index (χ3n) is 3.92. The van der Waals surface area contributed by atoms with Crippen LogP contribution in [0.25, 0.3) is 0 Å². The molecule has 1 aromatic rings. The van der Waals surface area contributed by atoms with E-state index in [0.717, 1.165) is 13.0 Å². The van der Waals surface area contributed by atoms with Crippen LogP contribution in [0.5, 0.6) is 0 Å². The van der Waals surface area contributed by atoms with E-state index < -0.39 is 0 Å². The lowest BCUT2D eigenvalue weighted by atomic mass is 10.0. The maximum atomic E-state index is 6.26. The summed E-state index contributed by atoms with van der Waals surface area (Å²) in [5, 5.41) is 0. The molecule has 4 heteroatoms. The summed E-state index contributed by atoms with van der Waals surface area (Å²) in [5.41, 5.74) is 7.45. The summed E-state index contributed by atoms with van der Waals surface area (Å²) in [4.78, 5) is 6.83. The molecule has 2 heterocycles. The van der Waals surface area contributed by atoms with Crippen LogP contribution in [0, 0.1) is 5.92 Å². The van der Waals surface area contributed by atoms with Crippen LogP contribution in [0.15, 0.2) is 12.5 Å². The van der Waals surface area contributed by atoms with Gasteiger partial charge in [0.15, 0.2) is 0 Å². The van der Waals surface area contributed by atoms with Gasteiger partial charge in [-0.3, -0.25) is 0 Å². The molecule has 4 nitrogen and oxygen atoms in total. The molecule has 108 valence electrons. The Kier molecular flexibility index (Phi) is 5.40. The van der Waals surface area contributed by atoms with E-state index in [9.17, 15) is 0 Å². The first-order chi connectivity index (χ1) is 9.16. The van der Waals surface area contributed by atoms with E-state index in [1.165, 1.54) is 44.6 Å². The number of aromatic nitrogens is 2. The lowest BCUT2D eigenvalue weighted by Crippen LogP contribution is -2.22. The Balaban J connectivity index is 1.81. The third kappa shape index (κ3) is 4.32. The van der Waals surface area contributed by atoms with Crippen molar-refractivity contribution in [3.8, 4) is 0 Å². The largest absolute Gasteiger partial charge is 0.333 e. The van der Waals surface area contributed by atoms with Crippen molar-refractivity contribution >= 4 is 0 Å². The zero-order valence-electron chi connectivity index (χ0n) is 12.4. The van der Waals surface area contributed by atoms with Crippen LogP contribution in [-0.2, 0) is 6.54 Å². The fourth-order valence-electron chi connectivity index (χ4n) is 2.93. The molecule has 2 N–H and O–H groups in total. The summed E-state index contributed by atoms with van der Waals surface area (Å²) in [7, 11) is 0. The topological polar surface area (TPSA) is 47.1 Å². The Labute approximate surface area is 117 Å². The van der Waals surface area contributed by atoms with Crippen molar-refractivity contribution in [2.24, 2.45) is 11.7 Å². The summed E-state index contributed by atoms with van der Waals surface area (Å²) < 4.78 is 2.24. The van der Waals surface area contributed by atoms with Crippen molar-refractivity contribution in [2.45, 2.75) is 52.1 Å². The molecule has 1 atom stereocenters. The van der Waals surface area contributed by atoms with Gasteiger partial charge < -0.3 is 15.2 Å². The van der Waals surface area contributed by atoms with Gasteiger partial charge >= 0.3 is 0 Å². The smallest absolute Gasteiger partial charge is 0.0948 e. The molecule has 1 unspecified atom stereocenters. The third-order valence-corrected chi connectivity index (χ3v) is 3.92. The van der Waals surface area contributed by atoms with Crippen LogP contribution in [0.1, 0.15) is 51.3 Å². The number of likely N-dealkylation sites (tertiary alicyclic amines) is 1. The quantitative estimate of drug-likeness (QED) is 0.822. The van der Waals surface area contributed by atoms with Crippen LogP contribution in [-0.4, -0.2) is 34.1 Å². The zero-order valence-corrected chi connectivity index (χ0v) is 12.4. The Bertz CT molecular complexity index is 366. The van der Waals surface area contributed by atoms with Gasteiger partial charge in [0, 0.05) is 18.8 Å². The summed E-state index contributed by atoms with van der Waals surface area (Å²) in [5.74, 6) is 0.628. The molecule has 0 radical (unpaired) electrons. The van der Waals surface area contributed by atoms with Crippen LogP contribution < -0.4 is 5.73 Å². The molecule has 1 aliphatic heterocycles. The molecule has 0 bridgehead atoms. The maximum absolute atomic E-state index is 6.26. The minimum Gasteiger partial charge on any atom is -0.333 e. The zero-order chi connectivity index (χ0) is 13.7. The van der Waals surface area contributed by atoms with Crippen LogP contribution in [0.3, 0.4) is 0 Å². The van der Waals surface area contributed by atoms with Gasteiger partial charge in [0.1, 0.15) is 0 Å². The number of hydrogen-bond acceptors (Lipinski definition) is 3. The van der Waals surface area contributed by atoms with Crippen LogP contribution >= 0.6 is 0 Å². The Morgan fingerprint density at radius 2 is 2.00 bits per heavy atom. The SMILES string of the molecule is CC(C)CC(N)c1cncn1CCCN1CCCC1. The van der Waals surface area contributed by atoms with E-state index in [2.05, 4.69) is 28.3 Å². The summed E-state index contributed by atoms with van der Waals surface area (Å²) >= 11 is 0. The fraction of sp³-hybridized carbons (Fsp3) is 0.800. The highest BCUT2D eigenvalue weighted by Gasteiger charge is 2.14. The second-order valence-corrected chi connectivity index (χ2v) is 6.15. The van der Waals surface area contributed by atoms with Crippen molar-refractivity contribution in [3.05, 3.63) is 18.2 Å². The van der Waals surface area contributed by atoms with Gasteiger partial charge in [-0.2, -0.15) is 0 Å². The highest BCUT2D eigenvalue weighted by atomic mass is 15.1. The molecular formula is C15H28N4. The van der Waals surface area contributed by atoms with Gasteiger partial charge in [-0.1, -0.05) is 13.8 Å². The van der Waals surface area contributed by atoms with Crippen molar-refractivity contribution in [3.63, 3.8) is 0 Å². The van der Waals surface area contributed by atoms with Crippen molar-refractivity contribution in [1.82, 2.24) is 14.5 Å². The number of hydrogen-bond donors (Lipinski definition) is 1. The number of imidazole rings is 1. The molecule has 0 amide bonds. The van der Waals surface area contributed by atoms with E-state index >= 15 is 0 Å². The highest BCUT2D eigenvalue weighted by Crippen LogP contribution is 2.18. The average molecular weight is 264 g/mol. The molecule has 1 aliphatic rings. The van der Waals surface area contributed by atoms with Crippen molar-refractivity contribution < 1.29 is 0 Å². The van der Waals surface area contributed by atoms with Crippen LogP contribution in [0.4, 0.5) is 0 Å². The minimum atomic E-state index is 0.120. The summed E-state index contributed by atoms with van der Waals surface area (Å²) in [6, 6.07) is 0.120. The first-order valence-electron chi connectivity index (χ1n) is 7.64. The van der Waals surface area contributed by atoms with E-state index in [1.54, 1.807) is 0 Å². The minimum absolute atomic E-state index is 0.120. The molecular weight excluding hydrogens is 236 g/mol. The highest BCUT2D eigenvalue weighted by molar-refractivity contribution is 5.04. The monoisotopic (exact) mass is 264 g/mol. The fourth-order valence-corrected chi connectivity index (χ4v) is 2.93. The molecule has 0 aliphatic carbocycles. The van der Waals surface area contributed by atoms with Gasteiger partial charge in [0.05, 0.1) is 12.0 Å². The molecule has 19 heavy (non-hydrogen) atoms. The number of aryl methyl sites for hydroxylation is 1. The predicted molar refractivity (Wildman–Crippen MR) is 78.9 cm³/mol. The Morgan fingerprint density at radius 1 is 1.26 bits per heavy atom. The van der Waals surface area contributed by atoms with Gasteiger partial charge in [-0.05, 0) is 51.2 Å². The first-order valence-corrected chi connectivity index (χ1v) is 7.64. The molecule has 0 spiro atoms. The maximum Gasteiger partial charge on any atom is 0.0948 e. The van der Waals surface area contributed by atoms with Crippen molar-refractivity contribution in [1.29, 1.82) is 0 Å². The molecule has 1 aromatic heterocycles. The first kappa shape index (κ1) is 14.5. The van der Waals surface area contributed by atoms with Crippen molar-refractivity contribution in [2.75, 3.05) is 19.6 Å². The predicted octanol–water partition coefficient (Wildman–Crippen LogP) is 2.41. The summed E-state index contributed by atoms with van der Waals surface area (Å²) in [6.07, 6.45) is 8.82. The second kappa shape index (κ2) is 7.06.